The van der Waals surface area contributed by atoms with Crippen LogP contribution >= 0.6 is 0 Å². The lowest BCUT2D eigenvalue weighted by Crippen LogP contribution is -2.55. The zero-order chi connectivity index (χ0) is 22.1. The number of nitrogens with zero attached hydrogens (tertiary/aromatic N) is 5. The molecular formula is C17H29N5O6S2. The van der Waals surface area contributed by atoms with Crippen LogP contribution in [-0.4, -0.2) is 111 Å². The van der Waals surface area contributed by atoms with E-state index >= 15 is 0 Å². The molecule has 1 aromatic rings. The van der Waals surface area contributed by atoms with Crippen molar-refractivity contribution in [3.63, 3.8) is 0 Å². The van der Waals surface area contributed by atoms with E-state index < -0.39 is 20.0 Å². The second-order valence-electron chi connectivity index (χ2n) is 7.51. The highest BCUT2D eigenvalue weighted by molar-refractivity contribution is 7.89. The van der Waals surface area contributed by atoms with Gasteiger partial charge in [-0.05, 0) is 20.8 Å². The molecule has 0 radical (unpaired) electrons. The normalized spacial score (nSPS) is 20.6. The van der Waals surface area contributed by atoms with E-state index in [1.165, 1.54) is 8.61 Å². The molecule has 13 heteroatoms. The van der Waals surface area contributed by atoms with Gasteiger partial charge in [-0.25, -0.2) is 16.8 Å². The van der Waals surface area contributed by atoms with E-state index in [1.54, 1.807) is 25.7 Å². The summed E-state index contributed by atoms with van der Waals surface area (Å²) in [6, 6.07) is 0. The summed E-state index contributed by atoms with van der Waals surface area (Å²) >= 11 is 0. The Morgan fingerprint density at radius 3 is 2.00 bits per heavy atom. The summed E-state index contributed by atoms with van der Waals surface area (Å²) < 4.78 is 57.4. The molecule has 2 fully saturated rings. The van der Waals surface area contributed by atoms with Crippen molar-refractivity contribution in [3.05, 3.63) is 11.5 Å². The SMILES string of the molecule is CCS(=O)(=O)N1CCN(CC(=O)N2CCN(S(=O)(=O)c3c(C)noc3C)CC2)CC1. The number of piperazine rings is 2. The van der Waals surface area contributed by atoms with Crippen LogP contribution in [0.3, 0.4) is 0 Å². The smallest absolute Gasteiger partial charge is 0.248 e. The Bertz CT molecular complexity index is 955. The van der Waals surface area contributed by atoms with Gasteiger partial charge in [-0.3, -0.25) is 9.69 Å². The molecule has 3 rings (SSSR count). The molecular weight excluding hydrogens is 434 g/mol. The molecule has 2 aliphatic heterocycles. The van der Waals surface area contributed by atoms with Crippen LogP contribution in [0, 0.1) is 13.8 Å². The van der Waals surface area contributed by atoms with E-state index in [4.69, 9.17) is 4.52 Å². The van der Waals surface area contributed by atoms with E-state index in [9.17, 15) is 21.6 Å². The molecule has 0 bridgehead atoms. The third-order valence-electron chi connectivity index (χ3n) is 5.61. The number of carbonyl (C=O) groups excluding carboxylic acids is 1. The lowest BCUT2D eigenvalue weighted by Gasteiger charge is -2.37. The van der Waals surface area contributed by atoms with E-state index in [0.29, 0.717) is 45.0 Å². The molecule has 30 heavy (non-hydrogen) atoms. The van der Waals surface area contributed by atoms with Crippen molar-refractivity contribution >= 4 is 26.0 Å². The average molecular weight is 464 g/mol. The van der Waals surface area contributed by atoms with Gasteiger partial charge < -0.3 is 9.42 Å². The summed E-state index contributed by atoms with van der Waals surface area (Å²) in [4.78, 5) is 16.4. The van der Waals surface area contributed by atoms with Gasteiger partial charge in [0.15, 0.2) is 5.76 Å². The fourth-order valence-electron chi connectivity index (χ4n) is 3.79. The lowest BCUT2D eigenvalue weighted by atomic mass is 10.3. The number of hydrogen-bond donors (Lipinski definition) is 0. The third-order valence-corrected chi connectivity index (χ3v) is 9.63. The first-order chi connectivity index (χ1) is 14.1. The minimum Gasteiger partial charge on any atom is -0.360 e. The summed E-state index contributed by atoms with van der Waals surface area (Å²) in [6.45, 7) is 7.80. The zero-order valence-corrected chi connectivity index (χ0v) is 19.2. The molecule has 0 unspecified atom stereocenters. The summed E-state index contributed by atoms with van der Waals surface area (Å²) in [5.41, 5.74) is 0.329. The molecule has 0 spiro atoms. The van der Waals surface area contributed by atoms with Gasteiger partial charge in [-0.1, -0.05) is 5.16 Å². The Balaban J connectivity index is 1.52. The first kappa shape index (κ1) is 23.1. The number of aryl methyl sites for hydroxylation is 2. The van der Waals surface area contributed by atoms with E-state index in [1.807, 2.05) is 4.90 Å². The monoisotopic (exact) mass is 463 g/mol. The summed E-state index contributed by atoms with van der Waals surface area (Å²) in [5.74, 6) is 0.263. The van der Waals surface area contributed by atoms with Crippen LogP contribution in [0.15, 0.2) is 9.42 Å². The summed E-state index contributed by atoms with van der Waals surface area (Å²) in [7, 11) is -6.91. The van der Waals surface area contributed by atoms with Crippen molar-refractivity contribution in [2.75, 3.05) is 64.7 Å². The van der Waals surface area contributed by atoms with Gasteiger partial charge in [0.25, 0.3) is 0 Å². The third kappa shape index (κ3) is 4.69. The van der Waals surface area contributed by atoms with Crippen molar-refractivity contribution in [1.82, 2.24) is 23.6 Å². The molecule has 1 amide bonds. The maximum absolute atomic E-state index is 12.9. The van der Waals surface area contributed by atoms with E-state index in [0.717, 1.165) is 0 Å². The molecule has 0 saturated carbocycles. The van der Waals surface area contributed by atoms with Crippen LogP contribution in [0.2, 0.25) is 0 Å². The van der Waals surface area contributed by atoms with Gasteiger partial charge in [0.1, 0.15) is 10.6 Å². The minimum absolute atomic E-state index is 0.0730. The highest BCUT2D eigenvalue weighted by Gasteiger charge is 2.35. The largest absolute Gasteiger partial charge is 0.360 e. The summed E-state index contributed by atoms with van der Waals surface area (Å²) in [6.07, 6.45) is 0. The molecule has 170 valence electrons. The standard InChI is InChI=1S/C17H29N5O6S2/c1-4-29(24,25)21-9-5-19(6-10-21)13-16(23)20-7-11-22(12-8-20)30(26,27)17-14(2)18-28-15(17)3/h4-13H2,1-3H3. The van der Waals surface area contributed by atoms with Crippen molar-refractivity contribution in [2.24, 2.45) is 0 Å². The molecule has 0 atom stereocenters. The predicted octanol–water partition coefficient (Wildman–Crippen LogP) is -0.908. The number of sulfonamides is 2. The van der Waals surface area contributed by atoms with Crippen molar-refractivity contribution in [2.45, 2.75) is 25.7 Å². The molecule has 2 saturated heterocycles. The topological polar surface area (TPSA) is 124 Å². The molecule has 1 aromatic heterocycles. The van der Waals surface area contributed by atoms with Gasteiger partial charge in [-0.15, -0.1) is 0 Å². The Morgan fingerprint density at radius 2 is 1.50 bits per heavy atom. The summed E-state index contributed by atoms with van der Waals surface area (Å²) in [5, 5.41) is 3.72. The second kappa shape index (κ2) is 8.91. The van der Waals surface area contributed by atoms with Gasteiger partial charge in [-0.2, -0.15) is 8.61 Å². The van der Waals surface area contributed by atoms with Gasteiger partial charge in [0, 0.05) is 52.4 Å². The quantitative estimate of drug-likeness (QED) is 0.531. The number of rotatable bonds is 6. The highest BCUT2D eigenvalue weighted by atomic mass is 32.2. The molecule has 0 aliphatic carbocycles. The van der Waals surface area contributed by atoms with Crippen molar-refractivity contribution in [1.29, 1.82) is 0 Å². The van der Waals surface area contributed by atoms with E-state index in [-0.39, 0.29) is 42.0 Å². The fraction of sp³-hybridized carbons (Fsp3) is 0.765. The van der Waals surface area contributed by atoms with Crippen LogP contribution < -0.4 is 0 Å². The Kier molecular flexibility index (Phi) is 6.87. The van der Waals surface area contributed by atoms with Crippen molar-refractivity contribution < 1.29 is 26.2 Å². The second-order valence-corrected chi connectivity index (χ2v) is 11.6. The molecule has 0 N–H and O–H groups in total. The Hall–Kier alpha value is -1.54. The zero-order valence-electron chi connectivity index (χ0n) is 17.6. The Labute approximate surface area is 177 Å². The molecule has 11 nitrogen and oxygen atoms in total. The highest BCUT2D eigenvalue weighted by Crippen LogP contribution is 2.24. The lowest BCUT2D eigenvalue weighted by molar-refractivity contribution is -0.133. The average Bonchev–Trinajstić information content (AvgIpc) is 3.07. The molecule has 2 aliphatic rings. The van der Waals surface area contributed by atoms with Crippen LogP contribution in [0.4, 0.5) is 0 Å². The number of amides is 1. The van der Waals surface area contributed by atoms with Gasteiger partial charge in [0.2, 0.25) is 26.0 Å². The Morgan fingerprint density at radius 1 is 0.933 bits per heavy atom. The number of aromatic nitrogens is 1. The van der Waals surface area contributed by atoms with Crippen molar-refractivity contribution in [3.8, 4) is 0 Å². The number of carbonyl (C=O) groups is 1. The van der Waals surface area contributed by atoms with Crippen LogP contribution in [0.25, 0.3) is 0 Å². The first-order valence-corrected chi connectivity index (χ1v) is 13.0. The van der Waals surface area contributed by atoms with E-state index in [2.05, 4.69) is 5.16 Å². The van der Waals surface area contributed by atoms with Crippen LogP contribution in [-0.2, 0) is 24.8 Å². The van der Waals surface area contributed by atoms with Gasteiger partial charge >= 0.3 is 0 Å². The van der Waals surface area contributed by atoms with Crippen LogP contribution in [0.1, 0.15) is 18.4 Å². The molecule has 3 heterocycles. The maximum atomic E-state index is 12.9. The predicted molar refractivity (Wildman–Crippen MR) is 109 cm³/mol. The maximum Gasteiger partial charge on any atom is 0.248 e. The van der Waals surface area contributed by atoms with Crippen LogP contribution in [0.5, 0.6) is 0 Å². The number of hydrogen-bond acceptors (Lipinski definition) is 8. The minimum atomic E-state index is -3.71. The fourth-order valence-corrected chi connectivity index (χ4v) is 6.59. The first-order valence-electron chi connectivity index (χ1n) is 9.97. The van der Waals surface area contributed by atoms with Gasteiger partial charge in [0.05, 0.1) is 12.3 Å². The molecule has 0 aromatic carbocycles.